The summed E-state index contributed by atoms with van der Waals surface area (Å²) in [7, 11) is 4.95. The van der Waals surface area contributed by atoms with Crippen LogP contribution in [-0.4, -0.2) is 13.1 Å². The van der Waals surface area contributed by atoms with E-state index in [0.29, 0.717) is 0 Å². The molecule has 2 radical (unpaired) electrons. The van der Waals surface area contributed by atoms with Gasteiger partial charge in [0.2, 0.25) is 5.24 Å². The number of rotatable bonds is 1. The van der Waals surface area contributed by atoms with Gasteiger partial charge in [-0.25, -0.2) is 0 Å². The van der Waals surface area contributed by atoms with Gasteiger partial charge in [-0.3, -0.25) is 4.79 Å². The minimum Gasteiger partial charge on any atom is -0.282 e. The lowest BCUT2D eigenvalue weighted by Crippen LogP contribution is -1.93. The van der Waals surface area contributed by atoms with Crippen molar-refractivity contribution < 1.29 is 4.79 Å². The number of hydrogen-bond donors (Lipinski definition) is 0. The van der Waals surface area contributed by atoms with Crippen LogP contribution in [0, 0.1) is 0 Å². The maximum absolute atomic E-state index is 9.78. The third-order valence-electron chi connectivity index (χ3n) is 0.358. The second-order valence-corrected chi connectivity index (χ2v) is 1.47. The van der Waals surface area contributed by atoms with Gasteiger partial charge in [0, 0.05) is 0 Å². The highest BCUT2D eigenvalue weighted by molar-refractivity contribution is 6.68. The molecule has 3 heteroatoms. The van der Waals surface area contributed by atoms with Gasteiger partial charge in [-0.1, -0.05) is 6.92 Å². The minimum atomic E-state index is -0.522. The van der Waals surface area contributed by atoms with E-state index in [0.717, 1.165) is 0 Å². The molecule has 32 valence electrons. The van der Waals surface area contributed by atoms with Crippen LogP contribution in [0.2, 0.25) is 5.82 Å². The summed E-state index contributed by atoms with van der Waals surface area (Å²) in [6.45, 7) is 1.54. The minimum absolute atomic E-state index is 0.491. The first-order chi connectivity index (χ1) is 2.64. The molecule has 0 heterocycles. The monoisotopic (exact) mass is 102 g/mol. The maximum Gasteiger partial charge on any atom is 0.215 e. The molecule has 0 rings (SSSR count). The first-order valence-corrected chi connectivity index (χ1v) is 1.97. The first-order valence-electron chi connectivity index (χ1n) is 1.59. The molecule has 0 aliphatic heterocycles. The molecule has 0 aliphatic rings. The molecule has 1 atom stereocenters. The van der Waals surface area contributed by atoms with Gasteiger partial charge in [-0.2, -0.15) is 0 Å². The molecule has 0 aromatic rings. The van der Waals surface area contributed by atoms with E-state index < -0.39 is 11.1 Å². The fourth-order valence-electron chi connectivity index (χ4n) is 0. The van der Waals surface area contributed by atoms with Crippen LogP contribution in [0.5, 0.6) is 0 Å². The van der Waals surface area contributed by atoms with Gasteiger partial charge in [-0.05, 0) is 17.4 Å². The first kappa shape index (κ1) is 6.02. The molecule has 0 aromatic carbocycles. The number of carbonyl (C=O) groups is 1. The van der Waals surface area contributed by atoms with Crippen molar-refractivity contribution in [3.8, 4) is 0 Å². The standard InChI is InChI=1S/C3H4BClO/c1-2(4)3(5)6/h2H,1H3. The van der Waals surface area contributed by atoms with Crippen molar-refractivity contribution >= 4 is 24.7 Å². The van der Waals surface area contributed by atoms with E-state index in [4.69, 9.17) is 19.4 Å². The molecule has 6 heavy (non-hydrogen) atoms. The van der Waals surface area contributed by atoms with Crippen LogP contribution in [0.1, 0.15) is 6.92 Å². The molecular formula is C3H4BClO. The van der Waals surface area contributed by atoms with E-state index in [9.17, 15) is 4.79 Å². The van der Waals surface area contributed by atoms with Gasteiger partial charge >= 0.3 is 0 Å². The second-order valence-electron chi connectivity index (χ2n) is 1.09. The molecule has 0 aliphatic carbocycles. The van der Waals surface area contributed by atoms with Gasteiger partial charge < -0.3 is 0 Å². The van der Waals surface area contributed by atoms with Gasteiger partial charge in [0.25, 0.3) is 0 Å². The fourth-order valence-corrected chi connectivity index (χ4v) is 0. The molecule has 1 nitrogen and oxygen atoms in total. The SMILES string of the molecule is [B]C(C)C(=O)Cl. The molecule has 0 amide bonds. The molecule has 0 saturated heterocycles. The van der Waals surface area contributed by atoms with E-state index in [2.05, 4.69) is 0 Å². The summed E-state index contributed by atoms with van der Waals surface area (Å²) in [6, 6.07) is 0. The highest BCUT2D eigenvalue weighted by Crippen LogP contribution is 1.98. The third kappa shape index (κ3) is 2.27. The van der Waals surface area contributed by atoms with E-state index in [1.807, 2.05) is 0 Å². The fraction of sp³-hybridized carbons (Fsp3) is 0.667. The van der Waals surface area contributed by atoms with Crippen LogP contribution in [0.25, 0.3) is 0 Å². The Kier molecular flexibility index (Phi) is 2.25. The smallest absolute Gasteiger partial charge is 0.215 e. The van der Waals surface area contributed by atoms with Crippen molar-refractivity contribution in [1.82, 2.24) is 0 Å². The summed E-state index contributed by atoms with van der Waals surface area (Å²) in [5.41, 5.74) is 0. The zero-order valence-electron chi connectivity index (χ0n) is 3.44. The van der Waals surface area contributed by atoms with E-state index in [1.54, 1.807) is 0 Å². The zero-order valence-corrected chi connectivity index (χ0v) is 4.20. The van der Waals surface area contributed by atoms with Crippen LogP contribution in [0.4, 0.5) is 0 Å². The topological polar surface area (TPSA) is 17.1 Å². The average molecular weight is 102 g/mol. The lowest BCUT2D eigenvalue weighted by Gasteiger charge is -1.88. The van der Waals surface area contributed by atoms with Crippen LogP contribution in [0.15, 0.2) is 0 Å². The lowest BCUT2D eigenvalue weighted by atomic mass is 9.92. The van der Waals surface area contributed by atoms with Gasteiger partial charge in [-0.15, -0.1) is 0 Å². The largest absolute Gasteiger partial charge is 0.282 e. The summed E-state index contributed by atoms with van der Waals surface area (Å²) >= 11 is 4.85. The van der Waals surface area contributed by atoms with E-state index >= 15 is 0 Å². The Balaban J connectivity index is 3.26. The molecule has 0 N–H and O–H groups in total. The molecule has 0 saturated carbocycles. The molecular weight excluding hydrogens is 98.3 g/mol. The normalized spacial score (nSPS) is 13.7. The summed E-state index contributed by atoms with van der Waals surface area (Å²) in [4.78, 5) is 9.78. The van der Waals surface area contributed by atoms with Crippen LogP contribution in [-0.2, 0) is 4.79 Å². The molecule has 0 spiro atoms. The van der Waals surface area contributed by atoms with Crippen molar-refractivity contribution in [2.45, 2.75) is 12.7 Å². The van der Waals surface area contributed by atoms with E-state index in [-0.39, 0.29) is 0 Å². The molecule has 0 fully saturated rings. The Bertz CT molecular complexity index is 61.8. The second kappa shape index (κ2) is 2.24. The Labute approximate surface area is 43.1 Å². The molecule has 0 bridgehead atoms. The Morgan fingerprint density at radius 2 is 2.17 bits per heavy atom. The maximum atomic E-state index is 9.78. The summed E-state index contributed by atoms with van der Waals surface area (Å²) < 4.78 is 0. The third-order valence-corrected chi connectivity index (χ3v) is 0.702. The van der Waals surface area contributed by atoms with Crippen molar-refractivity contribution in [3.63, 3.8) is 0 Å². The number of halogens is 1. The van der Waals surface area contributed by atoms with Crippen molar-refractivity contribution in [3.05, 3.63) is 0 Å². The Morgan fingerprint density at radius 1 is 2.00 bits per heavy atom. The lowest BCUT2D eigenvalue weighted by molar-refractivity contribution is -0.111. The molecule has 0 aromatic heterocycles. The van der Waals surface area contributed by atoms with Crippen LogP contribution in [0.3, 0.4) is 0 Å². The predicted octanol–water partition coefficient (Wildman–Crippen LogP) is 0.729. The average Bonchev–Trinajstić information content (AvgIpc) is 1.36. The summed E-state index contributed by atoms with van der Waals surface area (Å²) in [5.74, 6) is -0.522. The highest BCUT2D eigenvalue weighted by atomic mass is 35.5. The number of hydrogen-bond acceptors (Lipinski definition) is 1. The van der Waals surface area contributed by atoms with Crippen molar-refractivity contribution in [2.75, 3.05) is 0 Å². The Morgan fingerprint density at radius 3 is 2.17 bits per heavy atom. The van der Waals surface area contributed by atoms with Gasteiger partial charge in [0.15, 0.2) is 0 Å². The van der Waals surface area contributed by atoms with Gasteiger partial charge in [0.05, 0.1) is 7.85 Å². The Hall–Kier alpha value is 0.0249. The van der Waals surface area contributed by atoms with E-state index in [1.165, 1.54) is 6.92 Å². The van der Waals surface area contributed by atoms with Crippen LogP contribution >= 0.6 is 11.6 Å². The zero-order chi connectivity index (χ0) is 5.15. The van der Waals surface area contributed by atoms with Crippen molar-refractivity contribution in [1.29, 1.82) is 0 Å². The van der Waals surface area contributed by atoms with Crippen LogP contribution < -0.4 is 0 Å². The summed E-state index contributed by atoms with van der Waals surface area (Å²) in [6.07, 6.45) is 0. The predicted molar refractivity (Wildman–Crippen MR) is 26.0 cm³/mol. The highest BCUT2D eigenvalue weighted by Gasteiger charge is 1.98. The molecule has 1 unspecified atom stereocenters. The van der Waals surface area contributed by atoms with Gasteiger partial charge in [0.1, 0.15) is 0 Å². The number of carbonyl (C=O) groups excluding carboxylic acids is 1. The van der Waals surface area contributed by atoms with Crippen molar-refractivity contribution in [2.24, 2.45) is 0 Å². The summed E-state index contributed by atoms with van der Waals surface area (Å²) in [5, 5.41) is -0.491. The quantitative estimate of drug-likeness (QED) is 0.352.